The number of aromatic hydroxyl groups is 1. The van der Waals surface area contributed by atoms with Crippen molar-refractivity contribution in [2.24, 2.45) is 5.73 Å². The number of phenolic OH excluding ortho intramolecular Hbond substituents is 1. The zero-order chi connectivity index (χ0) is 23.9. The molecule has 3 N–H and O–H groups in total. The number of phenols is 1. The second kappa shape index (κ2) is 11.5. The van der Waals surface area contributed by atoms with Crippen LogP contribution in [0, 0.1) is 0 Å². The van der Waals surface area contributed by atoms with Crippen LogP contribution in [-0.4, -0.2) is 29.3 Å². The number of benzene rings is 3. The van der Waals surface area contributed by atoms with Gasteiger partial charge in [-0.25, -0.2) is 0 Å². The van der Waals surface area contributed by atoms with Crippen LogP contribution in [0.4, 0.5) is 0 Å². The normalized spacial score (nSPS) is 16.3. The van der Waals surface area contributed by atoms with Crippen molar-refractivity contribution in [3.63, 3.8) is 0 Å². The molecule has 4 heteroatoms. The Morgan fingerprint density at radius 1 is 1.00 bits per heavy atom. The molecule has 0 aliphatic heterocycles. The lowest BCUT2D eigenvalue weighted by Gasteiger charge is -2.28. The lowest BCUT2D eigenvalue weighted by molar-refractivity contribution is 0.123. The maximum Gasteiger partial charge on any atom is 0.142 e. The highest BCUT2D eigenvalue weighted by molar-refractivity contribution is 5.42. The predicted octanol–water partition coefficient (Wildman–Crippen LogP) is 5.80. The summed E-state index contributed by atoms with van der Waals surface area (Å²) in [6.45, 7) is 6.66. The van der Waals surface area contributed by atoms with Gasteiger partial charge in [-0.3, -0.25) is 4.90 Å². The fourth-order valence-electron chi connectivity index (χ4n) is 4.85. The molecule has 0 bridgehead atoms. The fraction of sp³-hybridized carbons (Fsp3) is 0.400. The number of rotatable bonds is 10. The largest absolute Gasteiger partial charge is 0.508 e. The van der Waals surface area contributed by atoms with Crippen LogP contribution in [-0.2, 0) is 25.8 Å². The standard InChI is InChI=1S/C30H38N2O2/c1-3-27(31)17-22-9-11-23(12-10-22)20-32(4-2)21-34-30-8-6-5-7-29(30)26-14-13-25-19-28(33)16-15-24(25)18-26/h5-12,15-16,19,26-27,33H,3-4,13-14,17-18,20-21,31H2,1-2H3/t26-,27?/m1/s1. The molecule has 3 aromatic carbocycles. The highest BCUT2D eigenvalue weighted by Gasteiger charge is 2.23. The first-order valence-corrected chi connectivity index (χ1v) is 12.6. The smallest absolute Gasteiger partial charge is 0.142 e. The average molecular weight is 459 g/mol. The van der Waals surface area contributed by atoms with Gasteiger partial charge in [0.05, 0.1) is 0 Å². The van der Waals surface area contributed by atoms with Crippen molar-refractivity contribution < 1.29 is 9.84 Å². The van der Waals surface area contributed by atoms with Crippen LogP contribution in [0.3, 0.4) is 0 Å². The second-order valence-corrected chi connectivity index (χ2v) is 9.54. The third-order valence-electron chi connectivity index (χ3n) is 7.08. The molecule has 0 heterocycles. The Labute approximate surface area is 204 Å². The van der Waals surface area contributed by atoms with Crippen molar-refractivity contribution in [3.05, 3.63) is 94.5 Å². The molecule has 0 radical (unpaired) electrons. The Morgan fingerprint density at radius 3 is 2.53 bits per heavy atom. The molecular weight excluding hydrogens is 420 g/mol. The van der Waals surface area contributed by atoms with Gasteiger partial charge in [-0.15, -0.1) is 0 Å². The summed E-state index contributed by atoms with van der Waals surface area (Å²) in [6, 6.07) is 23.3. The minimum atomic E-state index is 0.233. The van der Waals surface area contributed by atoms with Crippen molar-refractivity contribution in [2.45, 2.75) is 64.5 Å². The zero-order valence-corrected chi connectivity index (χ0v) is 20.5. The van der Waals surface area contributed by atoms with E-state index in [2.05, 4.69) is 73.3 Å². The Kier molecular flexibility index (Phi) is 8.25. The van der Waals surface area contributed by atoms with E-state index in [1.807, 2.05) is 6.07 Å². The van der Waals surface area contributed by atoms with Crippen LogP contribution in [0.5, 0.6) is 11.5 Å². The summed E-state index contributed by atoms with van der Waals surface area (Å²) in [4.78, 5) is 2.32. The van der Waals surface area contributed by atoms with Crippen LogP contribution >= 0.6 is 0 Å². The summed E-state index contributed by atoms with van der Waals surface area (Å²) in [5.41, 5.74) is 12.6. The highest BCUT2D eigenvalue weighted by Crippen LogP contribution is 2.38. The molecule has 3 aromatic rings. The topological polar surface area (TPSA) is 58.7 Å². The van der Waals surface area contributed by atoms with Gasteiger partial charge < -0.3 is 15.6 Å². The maximum absolute atomic E-state index is 9.79. The number of para-hydroxylation sites is 1. The number of ether oxygens (including phenoxy) is 1. The van der Waals surface area contributed by atoms with Crippen molar-refractivity contribution in [3.8, 4) is 11.5 Å². The van der Waals surface area contributed by atoms with Crippen LogP contribution in [0.2, 0.25) is 0 Å². The Bertz CT molecular complexity index is 1060. The van der Waals surface area contributed by atoms with E-state index < -0.39 is 0 Å². The molecule has 0 aromatic heterocycles. The molecule has 34 heavy (non-hydrogen) atoms. The van der Waals surface area contributed by atoms with E-state index in [-0.39, 0.29) is 6.04 Å². The molecule has 1 unspecified atom stereocenters. The minimum Gasteiger partial charge on any atom is -0.508 e. The fourth-order valence-corrected chi connectivity index (χ4v) is 4.85. The van der Waals surface area contributed by atoms with Crippen LogP contribution in [0.25, 0.3) is 0 Å². The summed E-state index contributed by atoms with van der Waals surface area (Å²) in [5, 5.41) is 9.79. The average Bonchev–Trinajstić information content (AvgIpc) is 2.87. The Balaban J connectivity index is 1.38. The van der Waals surface area contributed by atoms with E-state index in [1.54, 1.807) is 6.07 Å². The molecule has 1 aliphatic rings. The number of hydrogen-bond donors (Lipinski definition) is 2. The van der Waals surface area contributed by atoms with Gasteiger partial charge in [0.15, 0.2) is 0 Å². The van der Waals surface area contributed by atoms with Gasteiger partial charge >= 0.3 is 0 Å². The SMILES string of the molecule is CCC(N)Cc1ccc(CN(CC)COc2ccccc2[C@@H]2CCc3cc(O)ccc3C2)cc1. The number of aryl methyl sites for hydroxylation is 1. The van der Waals surface area contributed by atoms with Crippen LogP contribution in [0.15, 0.2) is 66.7 Å². The van der Waals surface area contributed by atoms with Gasteiger partial charge in [0, 0.05) is 12.6 Å². The lowest BCUT2D eigenvalue weighted by atomic mass is 9.80. The summed E-state index contributed by atoms with van der Waals surface area (Å²) < 4.78 is 6.38. The van der Waals surface area contributed by atoms with Crippen molar-refractivity contribution >= 4 is 0 Å². The number of nitrogens with two attached hydrogens (primary N) is 1. The van der Waals surface area contributed by atoms with Gasteiger partial charge in [0.25, 0.3) is 0 Å². The third-order valence-corrected chi connectivity index (χ3v) is 7.08. The van der Waals surface area contributed by atoms with Crippen LogP contribution in [0.1, 0.15) is 60.4 Å². The minimum absolute atomic E-state index is 0.233. The van der Waals surface area contributed by atoms with Gasteiger partial charge in [0.2, 0.25) is 0 Å². The maximum atomic E-state index is 9.79. The first-order chi connectivity index (χ1) is 16.6. The number of nitrogens with zero attached hydrogens (tertiary/aromatic N) is 1. The molecule has 2 atom stereocenters. The van der Waals surface area contributed by atoms with Gasteiger partial charge in [0.1, 0.15) is 18.2 Å². The van der Waals surface area contributed by atoms with Gasteiger partial charge in [-0.2, -0.15) is 0 Å². The predicted molar refractivity (Wildman–Crippen MR) is 139 cm³/mol. The summed E-state index contributed by atoms with van der Waals surface area (Å²) in [6.07, 6.45) is 4.98. The Hall–Kier alpha value is -2.82. The molecule has 0 spiro atoms. The second-order valence-electron chi connectivity index (χ2n) is 9.54. The molecule has 0 fully saturated rings. The van der Waals surface area contributed by atoms with E-state index in [4.69, 9.17) is 10.5 Å². The molecule has 4 nitrogen and oxygen atoms in total. The molecule has 0 amide bonds. The van der Waals surface area contributed by atoms with Gasteiger partial charge in [-0.05, 0) is 90.6 Å². The molecule has 0 saturated carbocycles. The van der Waals surface area contributed by atoms with Crippen molar-refractivity contribution in [2.75, 3.05) is 13.3 Å². The van der Waals surface area contributed by atoms with Gasteiger partial charge in [-0.1, -0.05) is 62.4 Å². The van der Waals surface area contributed by atoms with E-state index in [0.29, 0.717) is 18.4 Å². The molecular formula is C30H38N2O2. The highest BCUT2D eigenvalue weighted by atomic mass is 16.5. The summed E-state index contributed by atoms with van der Waals surface area (Å²) >= 11 is 0. The summed E-state index contributed by atoms with van der Waals surface area (Å²) in [5.74, 6) is 1.78. The monoisotopic (exact) mass is 458 g/mol. The summed E-state index contributed by atoms with van der Waals surface area (Å²) in [7, 11) is 0. The third kappa shape index (κ3) is 6.19. The molecule has 1 aliphatic carbocycles. The lowest BCUT2D eigenvalue weighted by Crippen LogP contribution is -2.28. The number of hydrogen-bond acceptors (Lipinski definition) is 4. The van der Waals surface area contributed by atoms with E-state index in [1.165, 1.54) is 27.8 Å². The zero-order valence-electron chi connectivity index (χ0n) is 20.5. The van der Waals surface area contributed by atoms with E-state index >= 15 is 0 Å². The molecule has 180 valence electrons. The first-order valence-electron chi connectivity index (χ1n) is 12.6. The number of fused-ring (bicyclic) bond motifs is 1. The molecule has 0 saturated heterocycles. The van der Waals surface area contributed by atoms with Crippen molar-refractivity contribution in [1.82, 2.24) is 4.90 Å². The first kappa shape index (κ1) is 24.3. The van der Waals surface area contributed by atoms with Crippen molar-refractivity contribution in [1.29, 1.82) is 0 Å². The Morgan fingerprint density at radius 2 is 1.76 bits per heavy atom. The van der Waals surface area contributed by atoms with E-state index in [9.17, 15) is 5.11 Å². The van der Waals surface area contributed by atoms with E-state index in [0.717, 1.165) is 50.9 Å². The molecule has 4 rings (SSSR count). The van der Waals surface area contributed by atoms with Crippen LogP contribution < -0.4 is 10.5 Å². The quantitative estimate of drug-likeness (QED) is 0.377.